The first-order chi connectivity index (χ1) is 6.20. The Morgan fingerprint density at radius 2 is 2.38 bits per heavy atom. The number of hydrogen-bond acceptors (Lipinski definition) is 3. The molecule has 2 atom stereocenters. The Morgan fingerprint density at radius 3 is 2.77 bits per heavy atom. The zero-order valence-corrected chi connectivity index (χ0v) is 8.49. The molecule has 0 aliphatic heterocycles. The highest BCUT2D eigenvalue weighted by atomic mass is 15.3. The van der Waals surface area contributed by atoms with Gasteiger partial charge < -0.3 is 4.57 Å². The topological polar surface area (TPSA) is 55.9 Å². The molecule has 1 aromatic rings. The third kappa shape index (κ3) is 2.08. The first-order valence-corrected chi connectivity index (χ1v) is 4.64. The second kappa shape index (κ2) is 4.39. The minimum absolute atomic E-state index is 0.144. The Morgan fingerprint density at radius 1 is 1.69 bits per heavy atom. The zero-order chi connectivity index (χ0) is 9.84. The molecule has 1 aromatic heterocycles. The van der Waals surface area contributed by atoms with Crippen LogP contribution in [0, 0.1) is 5.92 Å². The van der Waals surface area contributed by atoms with Crippen LogP contribution in [0.2, 0.25) is 0 Å². The number of nitrogens with zero attached hydrogens (tertiary/aromatic N) is 2. The fraction of sp³-hybridized carbons (Fsp3) is 0.667. The maximum absolute atomic E-state index is 5.51. The van der Waals surface area contributed by atoms with Crippen LogP contribution in [0.15, 0.2) is 12.4 Å². The summed E-state index contributed by atoms with van der Waals surface area (Å²) in [5, 5.41) is 0. The number of aromatic nitrogens is 2. The van der Waals surface area contributed by atoms with Crippen LogP contribution in [0.25, 0.3) is 0 Å². The fourth-order valence-electron chi connectivity index (χ4n) is 1.41. The molecule has 0 fully saturated rings. The lowest BCUT2D eigenvalue weighted by Gasteiger charge is -2.21. The maximum Gasteiger partial charge on any atom is 0.127 e. The smallest absolute Gasteiger partial charge is 0.127 e. The van der Waals surface area contributed by atoms with E-state index in [1.165, 1.54) is 0 Å². The molecular weight excluding hydrogens is 164 g/mol. The molecule has 0 spiro atoms. The van der Waals surface area contributed by atoms with Crippen LogP contribution in [0.1, 0.15) is 32.1 Å². The van der Waals surface area contributed by atoms with Crippen LogP contribution in [0.3, 0.4) is 0 Å². The van der Waals surface area contributed by atoms with Crippen molar-refractivity contribution in [2.75, 3.05) is 0 Å². The van der Waals surface area contributed by atoms with Gasteiger partial charge in [-0.25, -0.2) is 10.4 Å². The Labute approximate surface area is 79.1 Å². The van der Waals surface area contributed by atoms with Gasteiger partial charge in [0.25, 0.3) is 0 Å². The number of aryl methyl sites for hydroxylation is 1. The molecule has 0 aromatic carbocycles. The number of hydrogen-bond donors (Lipinski definition) is 2. The van der Waals surface area contributed by atoms with Crippen molar-refractivity contribution in [1.29, 1.82) is 0 Å². The van der Waals surface area contributed by atoms with Gasteiger partial charge in [-0.3, -0.25) is 5.84 Å². The van der Waals surface area contributed by atoms with Crippen molar-refractivity contribution in [1.82, 2.24) is 15.0 Å². The van der Waals surface area contributed by atoms with Crippen molar-refractivity contribution >= 4 is 0 Å². The lowest BCUT2D eigenvalue weighted by atomic mass is 9.99. The van der Waals surface area contributed by atoms with Gasteiger partial charge in [0.15, 0.2) is 0 Å². The highest BCUT2D eigenvalue weighted by Crippen LogP contribution is 2.21. The monoisotopic (exact) mass is 182 g/mol. The molecule has 0 amide bonds. The van der Waals surface area contributed by atoms with Crippen LogP contribution in [-0.4, -0.2) is 9.55 Å². The lowest BCUT2D eigenvalue weighted by Crippen LogP contribution is -2.34. The number of nitrogens with one attached hydrogen (secondary N) is 1. The second-order valence-corrected chi connectivity index (χ2v) is 3.43. The molecule has 1 heterocycles. The molecule has 0 radical (unpaired) electrons. The summed E-state index contributed by atoms with van der Waals surface area (Å²) < 4.78 is 2.00. The Bertz CT molecular complexity index is 256. The van der Waals surface area contributed by atoms with Crippen molar-refractivity contribution in [2.24, 2.45) is 18.8 Å². The van der Waals surface area contributed by atoms with Gasteiger partial charge >= 0.3 is 0 Å². The van der Waals surface area contributed by atoms with E-state index in [-0.39, 0.29) is 6.04 Å². The van der Waals surface area contributed by atoms with E-state index in [2.05, 4.69) is 24.3 Å². The Balaban J connectivity index is 2.84. The number of hydrazine groups is 1. The average Bonchev–Trinajstić information content (AvgIpc) is 2.53. The van der Waals surface area contributed by atoms with E-state index in [9.17, 15) is 0 Å². The zero-order valence-electron chi connectivity index (χ0n) is 8.49. The van der Waals surface area contributed by atoms with E-state index in [1.54, 1.807) is 6.20 Å². The van der Waals surface area contributed by atoms with Crippen molar-refractivity contribution in [3.63, 3.8) is 0 Å². The number of imidazole rings is 1. The van der Waals surface area contributed by atoms with Crippen LogP contribution in [-0.2, 0) is 7.05 Å². The van der Waals surface area contributed by atoms with Gasteiger partial charge in [-0.15, -0.1) is 0 Å². The summed E-state index contributed by atoms with van der Waals surface area (Å²) >= 11 is 0. The first kappa shape index (κ1) is 10.2. The molecule has 4 nitrogen and oxygen atoms in total. The highest BCUT2D eigenvalue weighted by molar-refractivity contribution is 4.99. The number of rotatable bonds is 4. The second-order valence-electron chi connectivity index (χ2n) is 3.43. The van der Waals surface area contributed by atoms with E-state index >= 15 is 0 Å². The molecule has 0 bridgehead atoms. The summed E-state index contributed by atoms with van der Waals surface area (Å²) in [5.41, 5.74) is 2.81. The summed E-state index contributed by atoms with van der Waals surface area (Å²) in [6.45, 7) is 4.32. The standard InChI is InChI=1S/C9H18N4/c1-4-7(2)8(12-10)9-11-5-6-13(9)3/h5-8,12H,4,10H2,1-3H3. The minimum Gasteiger partial charge on any atom is -0.337 e. The molecule has 0 aliphatic carbocycles. The van der Waals surface area contributed by atoms with Crippen LogP contribution >= 0.6 is 0 Å². The van der Waals surface area contributed by atoms with Crippen molar-refractivity contribution in [3.8, 4) is 0 Å². The molecule has 13 heavy (non-hydrogen) atoms. The SMILES string of the molecule is CCC(C)C(NN)c1nccn1C. The van der Waals surface area contributed by atoms with Crippen molar-refractivity contribution in [3.05, 3.63) is 18.2 Å². The van der Waals surface area contributed by atoms with E-state index < -0.39 is 0 Å². The Kier molecular flexibility index (Phi) is 3.45. The van der Waals surface area contributed by atoms with Gasteiger partial charge in [0.05, 0.1) is 6.04 Å². The van der Waals surface area contributed by atoms with Crippen LogP contribution in [0.5, 0.6) is 0 Å². The van der Waals surface area contributed by atoms with Gasteiger partial charge in [-0.05, 0) is 5.92 Å². The van der Waals surface area contributed by atoms with E-state index in [1.807, 2.05) is 17.8 Å². The Hall–Kier alpha value is -0.870. The van der Waals surface area contributed by atoms with Crippen LogP contribution < -0.4 is 11.3 Å². The third-order valence-corrected chi connectivity index (χ3v) is 2.53. The first-order valence-electron chi connectivity index (χ1n) is 4.64. The minimum atomic E-state index is 0.144. The lowest BCUT2D eigenvalue weighted by molar-refractivity contribution is 0.360. The molecular formula is C9H18N4. The molecule has 74 valence electrons. The van der Waals surface area contributed by atoms with Crippen LogP contribution in [0.4, 0.5) is 0 Å². The third-order valence-electron chi connectivity index (χ3n) is 2.53. The highest BCUT2D eigenvalue weighted by Gasteiger charge is 2.19. The van der Waals surface area contributed by atoms with Gasteiger partial charge in [0.1, 0.15) is 5.82 Å². The number of nitrogens with two attached hydrogens (primary N) is 1. The molecule has 4 heteroatoms. The maximum atomic E-state index is 5.51. The largest absolute Gasteiger partial charge is 0.337 e. The van der Waals surface area contributed by atoms with Crippen molar-refractivity contribution in [2.45, 2.75) is 26.3 Å². The fourth-order valence-corrected chi connectivity index (χ4v) is 1.41. The molecule has 0 saturated carbocycles. The summed E-state index contributed by atoms with van der Waals surface area (Å²) in [4.78, 5) is 4.28. The van der Waals surface area contributed by atoms with E-state index in [0.717, 1.165) is 12.2 Å². The molecule has 2 unspecified atom stereocenters. The summed E-state index contributed by atoms with van der Waals surface area (Å²) in [6, 6.07) is 0.144. The van der Waals surface area contributed by atoms with E-state index in [0.29, 0.717) is 5.92 Å². The average molecular weight is 182 g/mol. The summed E-state index contributed by atoms with van der Waals surface area (Å²) in [7, 11) is 1.98. The molecule has 1 rings (SSSR count). The van der Waals surface area contributed by atoms with Gasteiger partial charge in [0.2, 0.25) is 0 Å². The predicted octanol–water partition coefficient (Wildman–Crippen LogP) is 0.971. The quantitative estimate of drug-likeness (QED) is 0.539. The molecule has 3 N–H and O–H groups in total. The van der Waals surface area contributed by atoms with Gasteiger partial charge in [-0.2, -0.15) is 0 Å². The van der Waals surface area contributed by atoms with Gasteiger partial charge in [0, 0.05) is 19.4 Å². The molecule has 0 aliphatic rings. The predicted molar refractivity (Wildman–Crippen MR) is 52.7 cm³/mol. The van der Waals surface area contributed by atoms with E-state index in [4.69, 9.17) is 5.84 Å². The van der Waals surface area contributed by atoms with Gasteiger partial charge in [-0.1, -0.05) is 20.3 Å². The van der Waals surface area contributed by atoms with Crippen molar-refractivity contribution < 1.29 is 0 Å². The summed E-state index contributed by atoms with van der Waals surface area (Å²) in [6.07, 6.45) is 4.81. The molecule has 0 saturated heterocycles. The normalized spacial score (nSPS) is 15.7. The summed E-state index contributed by atoms with van der Waals surface area (Å²) in [5.74, 6) is 6.99.